The molecule has 2 fully saturated rings. The highest BCUT2D eigenvalue weighted by Gasteiger charge is 2.48. The van der Waals surface area contributed by atoms with Crippen LogP contribution in [-0.2, 0) is 9.59 Å². The topological polar surface area (TPSA) is 86.6 Å². The molecule has 2 aliphatic carbocycles. The summed E-state index contributed by atoms with van der Waals surface area (Å²) in [4.78, 5) is 22.2. The third-order valence-electron chi connectivity index (χ3n) is 3.44. The summed E-state index contributed by atoms with van der Waals surface area (Å²) in [6.07, 6.45) is 3.32. The highest BCUT2D eigenvalue weighted by molar-refractivity contribution is 5.89. The van der Waals surface area contributed by atoms with Crippen molar-refractivity contribution in [3.63, 3.8) is 0 Å². The first-order chi connectivity index (χ1) is 7.58. The lowest BCUT2D eigenvalue weighted by Crippen LogP contribution is -2.40. The lowest BCUT2D eigenvalue weighted by molar-refractivity contribution is -0.140. The van der Waals surface area contributed by atoms with Gasteiger partial charge in [-0.15, -0.1) is 0 Å². The molecule has 16 heavy (non-hydrogen) atoms. The summed E-state index contributed by atoms with van der Waals surface area (Å²) in [5.74, 6) is -1.89. The van der Waals surface area contributed by atoms with Gasteiger partial charge in [-0.05, 0) is 32.1 Å². The Morgan fingerprint density at radius 2 is 1.88 bits per heavy atom. The van der Waals surface area contributed by atoms with Gasteiger partial charge >= 0.3 is 5.97 Å². The number of carboxylic acid groups (broad SMARTS) is 1. The van der Waals surface area contributed by atoms with Crippen LogP contribution in [0.5, 0.6) is 0 Å². The lowest BCUT2D eigenvalue weighted by atomic mass is 9.93. The van der Waals surface area contributed by atoms with Crippen molar-refractivity contribution in [2.24, 2.45) is 11.8 Å². The molecule has 3 N–H and O–H groups in total. The predicted octanol–water partition coefficient (Wildman–Crippen LogP) is 0.127. The summed E-state index contributed by atoms with van der Waals surface area (Å²) in [6, 6.07) is 0.0197. The first-order valence-corrected chi connectivity index (χ1v) is 5.79. The van der Waals surface area contributed by atoms with Crippen molar-refractivity contribution < 1.29 is 19.8 Å². The molecule has 0 bridgehead atoms. The summed E-state index contributed by atoms with van der Waals surface area (Å²) >= 11 is 0. The summed E-state index contributed by atoms with van der Waals surface area (Å²) < 4.78 is 0. The molecular weight excluding hydrogens is 210 g/mol. The van der Waals surface area contributed by atoms with Gasteiger partial charge < -0.3 is 15.5 Å². The van der Waals surface area contributed by atoms with Gasteiger partial charge in [-0.2, -0.15) is 0 Å². The van der Waals surface area contributed by atoms with E-state index in [0.717, 1.165) is 19.3 Å². The van der Waals surface area contributed by atoms with E-state index in [1.165, 1.54) is 0 Å². The maximum Gasteiger partial charge on any atom is 0.307 e. The normalized spacial score (nSPS) is 37.8. The summed E-state index contributed by atoms with van der Waals surface area (Å²) in [6.45, 7) is 0. The average molecular weight is 227 g/mol. The largest absolute Gasteiger partial charge is 0.481 e. The molecule has 5 nitrogen and oxygen atoms in total. The molecule has 0 aromatic heterocycles. The van der Waals surface area contributed by atoms with Crippen LogP contribution in [0.4, 0.5) is 0 Å². The van der Waals surface area contributed by atoms with Crippen LogP contribution in [0.15, 0.2) is 0 Å². The predicted molar refractivity (Wildman–Crippen MR) is 55.6 cm³/mol. The molecule has 2 rings (SSSR count). The fourth-order valence-corrected chi connectivity index (χ4v) is 2.36. The van der Waals surface area contributed by atoms with Crippen molar-refractivity contribution >= 4 is 11.9 Å². The minimum atomic E-state index is -0.885. The van der Waals surface area contributed by atoms with Crippen LogP contribution < -0.4 is 5.32 Å². The molecule has 0 aromatic rings. The second kappa shape index (κ2) is 4.41. The number of rotatable bonds is 3. The van der Waals surface area contributed by atoms with Crippen molar-refractivity contribution in [1.82, 2.24) is 5.32 Å². The first kappa shape index (κ1) is 11.4. The Morgan fingerprint density at radius 1 is 1.12 bits per heavy atom. The van der Waals surface area contributed by atoms with Gasteiger partial charge in [0, 0.05) is 6.04 Å². The number of amides is 1. The Labute approximate surface area is 93.8 Å². The molecule has 2 saturated carbocycles. The molecule has 90 valence electrons. The fourth-order valence-electron chi connectivity index (χ4n) is 2.36. The van der Waals surface area contributed by atoms with Crippen LogP contribution in [0.2, 0.25) is 0 Å². The van der Waals surface area contributed by atoms with Gasteiger partial charge in [0.25, 0.3) is 0 Å². The van der Waals surface area contributed by atoms with E-state index >= 15 is 0 Å². The number of carbonyl (C=O) groups is 2. The lowest BCUT2D eigenvalue weighted by Gasteiger charge is -2.26. The van der Waals surface area contributed by atoms with E-state index in [-0.39, 0.29) is 24.0 Å². The summed E-state index contributed by atoms with van der Waals surface area (Å²) in [5, 5.41) is 21.0. The maximum atomic E-state index is 11.6. The number of aliphatic hydroxyl groups excluding tert-OH is 1. The van der Waals surface area contributed by atoms with E-state index in [1.807, 2.05) is 0 Å². The fraction of sp³-hybridized carbons (Fsp3) is 0.818. The van der Waals surface area contributed by atoms with Crippen LogP contribution in [-0.4, -0.2) is 34.2 Å². The number of carboxylic acids is 1. The number of hydrogen-bond donors (Lipinski definition) is 3. The molecule has 0 spiro atoms. The Balaban J connectivity index is 1.77. The van der Waals surface area contributed by atoms with Crippen molar-refractivity contribution in [3.8, 4) is 0 Å². The second-order valence-corrected chi connectivity index (χ2v) is 4.81. The van der Waals surface area contributed by atoms with Crippen molar-refractivity contribution in [2.75, 3.05) is 0 Å². The van der Waals surface area contributed by atoms with Gasteiger partial charge in [0.1, 0.15) is 0 Å². The zero-order valence-corrected chi connectivity index (χ0v) is 9.06. The molecule has 2 aliphatic rings. The van der Waals surface area contributed by atoms with E-state index in [2.05, 4.69) is 5.32 Å². The SMILES string of the molecule is O=C(O)[C@H]1C[C@H]1C(=O)NC1CCCC(O)C1. The smallest absolute Gasteiger partial charge is 0.307 e. The Hall–Kier alpha value is -1.10. The Kier molecular flexibility index (Phi) is 3.14. The van der Waals surface area contributed by atoms with Crippen LogP contribution in [0.1, 0.15) is 32.1 Å². The van der Waals surface area contributed by atoms with Crippen molar-refractivity contribution in [1.29, 1.82) is 0 Å². The Morgan fingerprint density at radius 3 is 2.44 bits per heavy atom. The van der Waals surface area contributed by atoms with Crippen LogP contribution >= 0.6 is 0 Å². The number of hydrogen-bond acceptors (Lipinski definition) is 3. The second-order valence-electron chi connectivity index (χ2n) is 4.81. The van der Waals surface area contributed by atoms with Crippen LogP contribution in [0, 0.1) is 11.8 Å². The van der Waals surface area contributed by atoms with E-state index in [9.17, 15) is 14.7 Å². The van der Waals surface area contributed by atoms with Crippen LogP contribution in [0.3, 0.4) is 0 Å². The summed E-state index contributed by atoms with van der Waals surface area (Å²) in [5.41, 5.74) is 0. The zero-order chi connectivity index (χ0) is 11.7. The monoisotopic (exact) mass is 227 g/mol. The molecule has 0 aliphatic heterocycles. The van der Waals surface area contributed by atoms with Gasteiger partial charge in [-0.3, -0.25) is 9.59 Å². The van der Waals surface area contributed by atoms with E-state index in [4.69, 9.17) is 5.11 Å². The number of carbonyl (C=O) groups excluding carboxylic acids is 1. The molecule has 0 radical (unpaired) electrons. The standard InChI is InChI=1S/C11H17NO4/c13-7-3-1-2-6(4-7)12-10(14)8-5-9(8)11(15)16/h6-9,13H,1-5H2,(H,12,14)(H,15,16)/t6?,7?,8-,9+/m1/s1. The highest BCUT2D eigenvalue weighted by atomic mass is 16.4. The highest BCUT2D eigenvalue weighted by Crippen LogP contribution is 2.39. The first-order valence-electron chi connectivity index (χ1n) is 5.79. The molecule has 1 amide bonds. The van der Waals surface area contributed by atoms with Crippen molar-refractivity contribution in [2.45, 2.75) is 44.2 Å². The summed E-state index contributed by atoms with van der Waals surface area (Å²) in [7, 11) is 0. The Bertz CT molecular complexity index is 304. The number of nitrogens with one attached hydrogen (secondary N) is 1. The van der Waals surface area contributed by atoms with E-state index in [1.54, 1.807) is 0 Å². The number of aliphatic hydroxyl groups is 1. The molecule has 0 saturated heterocycles. The molecule has 2 unspecified atom stereocenters. The quantitative estimate of drug-likeness (QED) is 0.639. The molecule has 0 aromatic carbocycles. The molecule has 5 heteroatoms. The zero-order valence-electron chi connectivity index (χ0n) is 9.06. The minimum absolute atomic E-state index is 0.0197. The van der Waals surface area contributed by atoms with Gasteiger partial charge in [0.05, 0.1) is 17.9 Å². The van der Waals surface area contributed by atoms with E-state index < -0.39 is 11.9 Å². The molecule has 0 heterocycles. The molecular formula is C11H17NO4. The van der Waals surface area contributed by atoms with Gasteiger partial charge in [-0.1, -0.05) is 0 Å². The molecule has 4 atom stereocenters. The van der Waals surface area contributed by atoms with E-state index in [0.29, 0.717) is 12.8 Å². The van der Waals surface area contributed by atoms with Crippen molar-refractivity contribution in [3.05, 3.63) is 0 Å². The average Bonchev–Trinajstić information content (AvgIpc) is 2.96. The third-order valence-corrected chi connectivity index (χ3v) is 3.44. The van der Waals surface area contributed by atoms with Gasteiger partial charge in [0.2, 0.25) is 5.91 Å². The number of aliphatic carboxylic acids is 1. The maximum absolute atomic E-state index is 11.6. The van der Waals surface area contributed by atoms with Crippen LogP contribution in [0.25, 0.3) is 0 Å². The van der Waals surface area contributed by atoms with Gasteiger partial charge in [-0.25, -0.2) is 0 Å². The van der Waals surface area contributed by atoms with Gasteiger partial charge in [0.15, 0.2) is 0 Å². The minimum Gasteiger partial charge on any atom is -0.481 e. The third kappa shape index (κ3) is 2.52.